The molecule has 2 heterocycles. The Kier molecular flexibility index (Phi) is 2.90. The fraction of sp³-hybridized carbons (Fsp3) is 0.0714. The van der Waals surface area contributed by atoms with Gasteiger partial charge in [0.05, 0.1) is 11.3 Å². The van der Waals surface area contributed by atoms with E-state index < -0.39 is 0 Å². The van der Waals surface area contributed by atoms with Gasteiger partial charge in [0.15, 0.2) is 0 Å². The molecule has 0 aliphatic heterocycles. The summed E-state index contributed by atoms with van der Waals surface area (Å²) in [5.41, 5.74) is 8.52. The molecule has 3 aromatic rings. The molecule has 5 nitrogen and oxygen atoms in total. The van der Waals surface area contributed by atoms with Crippen LogP contribution in [-0.2, 0) is 0 Å². The van der Waals surface area contributed by atoms with E-state index in [0.717, 1.165) is 0 Å². The van der Waals surface area contributed by atoms with Gasteiger partial charge in [-0.25, -0.2) is 14.4 Å². The molecule has 0 saturated heterocycles. The highest BCUT2D eigenvalue weighted by molar-refractivity contribution is 5.85. The van der Waals surface area contributed by atoms with Crippen molar-refractivity contribution in [1.82, 2.24) is 15.1 Å². The molecule has 2 aromatic heterocycles. The average molecular weight is 270 g/mol. The van der Waals surface area contributed by atoms with Crippen LogP contribution in [0.2, 0.25) is 0 Å². The van der Waals surface area contributed by atoms with Crippen LogP contribution >= 0.6 is 0 Å². The van der Waals surface area contributed by atoms with Gasteiger partial charge in [-0.2, -0.15) is 0 Å². The minimum atomic E-state index is -0.308. The molecule has 0 aliphatic carbocycles. The number of rotatable bonds is 2. The second kappa shape index (κ2) is 4.73. The number of benzene rings is 1. The van der Waals surface area contributed by atoms with Gasteiger partial charge in [0.25, 0.3) is 0 Å². The summed E-state index contributed by atoms with van der Waals surface area (Å²) in [4.78, 5) is 7.97. The lowest BCUT2D eigenvalue weighted by Gasteiger charge is -2.03. The Bertz CT molecular complexity index is 755. The first-order chi connectivity index (χ1) is 9.66. The lowest BCUT2D eigenvalue weighted by molar-refractivity contribution is 0.439. The van der Waals surface area contributed by atoms with Gasteiger partial charge in [-0.3, -0.25) is 0 Å². The second-order valence-electron chi connectivity index (χ2n) is 4.33. The summed E-state index contributed by atoms with van der Waals surface area (Å²) in [6.45, 7) is 1.70. The first-order valence-electron chi connectivity index (χ1n) is 5.95. The molecule has 6 heteroatoms. The molecule has 20 heavy (non-hydrogen) atoms. The van der Waals surface area contributed by atoms with Crippen LogP contribution < -0.4 is 5.73 Å². The summed E-state index contributed by atoms with van der Waals surface area (Å²) in [6, 6.07) is 6.54. The van der Waals surface area contributed by atoms with Crippen LogP contribution in [-0.4, -0.2) is 15.1 Å². The van der Waals surface area contributed by atoms with Crippen LogP contribution in [0.5, 0.6) is 0 Å². The lowest BCUT2D eigenvalue weighted by atomic mass is 10.0. The third-order valence-corrected chi connectivity index (χ3v) is 3.00. The number of hydrogen-bond donors (Lipinski definition) is 1. The lowest BCUT2D eigenvalue weighted by Crippen LogP contribution is -1.91. The maximum Gasteiger partial charge on any atom is 0.232 e. The first-order valence-corrected chi connectivity index (χ1v) is 5.95. The Morgan fingerprint density at radius 1 is 1.25 bits per heavy atom. The summed E-state index contributed by atoms with van der Waals surface area (Å²) in [7, 11) is 0. The topological polar surface area (TPSA) is 77.8 Å². The number of aryl methyl sites for hydroxylation is 1. The van der Waals surface area contributed by atoms with Crippen LogP contribution in [0, 0.1) is 12.7 Å². The third kappa shape index (κ3) is 2.01. The number of hydrogen-bond acceptors (Lipinski definition) is 5. The second-order valence-corrected chi connectivity index (χ2v) is 4.33. The number of anilines is 1. The van der Waals surface area contributed by atoms with Gasteiger partial charge in [0.1, 0.15) is 17.8 Å². The minimum absolute atomic E-state index is 0.139. The molecule has 100 valence electrons. The van der Waals surface area contributed by atoms with Gasteiger partial charge in [0.2, 0.25) is 5.88 Å². The summed E-state index contributed by atoms with van der Waals surface area (Å²) >= 11 is 0. The largest absolute Gasteiger partial charge is 0.367 e. The maximum absolute atomic E-state index is 13.7. The Morgan fingerprint density at radius 2 is 2.10 bits per heavy atom. The molecule has 2 N–H and O–H groups in total. The van der Waals surface area contributed by atoms with Gasteiger partial charge in [-0.15, -0.1) is 0 Å². The van der Waals surface area contributed by atoms with E-state index in [1.165, 1.54) is 12.4 Å². The number of aromatic nitrogens is 3. The van der Waals surface area contributed by atoms with E-state index in [9.17, 15) is 4.39 Å². The standard InChI is InChI=1S/C14H11FN4O/c1-8-2-3-9(6-10(8)15)13-12(14(16)20-19-13)11-4-5-17-7-18-11/h2-7H,16H2,1H3. The summed E-state index contributed by atoms with van der Waals surface area (Å²) in [6.07, 6.45) is 3.00. The number of nitrogens with zero attached hydrogens (tertiary/aromatic N) is 3. The maximum atomic E-state index is 13.7. The van der Waals surface area contributed by atoms with Crippen molar-refractivity contribution in [2.75, 3.05) is 5.73 Å². The fourth-order valence-electron chi connectivity index (χ4n) is 1.93. The summed E-state index contributed by atoms with van der Waals surface area (Å²) in [5.74, 6) is -0.169. The summed E-state index contributed by atoms with van der Waals surface area (Å²) < 4.78 is 18.7. The molecule has 0 radical (unpaired) electrons. The normalized spacial score (nSPS) is 10.7. The molecule has 1 aromatic carbocycles. The van der Waals surface area contributed by atoms with Crippen molar-refractivity contribution in [2.24, 2.45) is 0 Å². The molecule has 0 aliphatic rings. The predicted octanol–water partition coefficient (Wildman–Crippen LogP) is 2.83. The third-order valence-electron chi connectivity index (χ3n) is 3.00. The van der Waals surface area contributed by atoms with E-state index in [1.807, 2.05) is 0 Å². The predicted molar refractivity (Wildman–Crippen MR) is 72.1 cm³/mol. The molecule has 0 saturated carbocycles. The number of nitrogen functional groups attached to an aromatic ring is 1. The van der Waals surface area contributed by atoms with E-state index >= 15 is 0 Å². The first kappa shape index (κ1) is 12.3. The van der Waals surface area contributed by atoms with E-state index in [4.69, 9.17) is 10.3 Å². The summed E-state index contributed by atoms with van der Waals surface area (Å²) in [5, 5.41) is 3.91. The Labute approximate surface area is 114 Å². The molecule has 0 unspecified atom stereocenters. The van der Waals surface area contributed by atoms with Crippen LogP contribution in [0.15, 0.2) is 41.3 Å². The Balaban J connectivity index is 2.18. The minimum Gasteiger partial charge on any atom is -0.367 e. The van der Waals surface area contributed by atoms with Crippen molar-refractivity contribution in [1.29, 1.82) is 0 Å². The van der Waals surface area contributed by atoms with Crippen molar-refractivity contribution < 1.29 is 8.91 Å². The molecule has 0 fully saturated rings. The van der Waals surface area contributed by atoms with Crippen molar-refractivity contribution in [3.05, 3.63) is 48.2 Å². The smallest absolute Gasteiger partial charge is 0.232 e. The zero-order valence-corrected chi connectivity index (χ0v) is 10.7. The average Bonchev–Trinajstić information content (AvgIpc) is 2.85. The highest BCUT2D eigenvalue weighted by atomic mass is 19.1. The molecular formula is C14H11FN4O. The number of halogens is 1. The highest BCUT2D eigenvalue weighted by Crippen LogP contribution is 2.35. The zero-order chi connectivity index (χ0) is 14.1. The van der Waals surface area contributed by atoms with Crippen LogP contribution in [0.25, 0.3) is 22.5 Å². The monoisotopic (exact) mass is 270 g/mol. The van der Waals surface area contributed by atoms with Crippen molar-refractivity contribution >= 4 is 5.88 Å². The van der Waals surface area contributed by atoms with Gasteiger partial charge in [0, 0.05) is 11.8 Å². The van der Waals surface area contributed by atoms with Crippen molar-refractivity contribution in [3.63, 3.8) is 0 Å². The van der Waals surface area contributed by atoms with Crippen LogP contribution in [0.4, 0.5) is 10.3 Å². The van der Waals surface area contributed by atoms with Crippen LogP contribution in [0.3, 0.4) is 0 Å². The van der Waals surface area contributed by atoms with E-state index in [-0.39, 0.29) is 11.7 Å². The van der Waals surface area contributed by atoms with E-state index in [1.54, 1.807) is 31.3 Å². The Morgan fingerprint density at radius 3 is 2.80 bits per heavy atom. The molecule has 0 atom stereocenters. The fourth-order valence-corrected chi connectivity index (χ4v) is 1.93. The molecule has 0 bridgehead atoms. The zero-order valence-electron chi connectivity index (χ0n) is 10.7. The van der Waals surface area contributed by atoms with E-state index in [2.05, 4.69) is 15.1 Å². The molecule has 0 amide bonds. The quantitative estimate of drug-likeness (QED) is 0.774. The van der Waals surface area contributed by atoms with Crippen molar-refractivity contribution in [2.45, 2.75) is 6.92 Å². The molecular weight excluding hydrogens is 259 g/mol. The van der Waals surface area contributed by atoms with Crippen LogP contribution in [0.1, 0.15) is 5.56 Å². The molecule has 3 rings (SSSR count). The van der Waals surface area contributed by atoms with Gasteiger partial charge in [-0.1, -0.05) is 17.3 Å². The SMILES string of the molecule is Cc1ccc(-c2noc(N)c2-c2ccncn2)cc1F. The molecule has 0 spiro atoms. The highest BCUT2D eigenvalue weighted by Gasteiger charge is 2.19. The van der Waals surface area contributed by atoms with Gasteiger partial charge >= 0.3 is 0 Å². The van der Waals surface area contributed by atoms with Crippen molar-refractivity contribution in [3.8, 4) is 22.5 Å². The Hall–Kier alpha value is -2.76. The van der Waals surface area contributed by atoms with Gasteiger partial charge in [-0.05, 0) is 24.6 Å². The van der Waals surface area contributed by atoms with Gasteiger partial charge < -0.3 is 10.3 Å². The van der Waals surface area contributed by atoms with E-state index in [0.29, 0.717) is 28.1 Å². The number of nitrogens with two attached hydrogens (primary N) is 1.